The normalized spacial score (nSPS) is 11.4. The molecule has 0 saturated heterocycles. The maximum absolute atomic E-state index is 12.2. The molecule has 0 N–H and O–H groups in total. The smallest absolute Gasteiger partial charge is 0.185 e. The molecule has 21 heavy (non-hydrogen) atoms. The van der Waals surface area contributed by atoms with Crippen molar-refractivity contribution in [1.29, 1.82) is 0 Å². The number of carbonyl (C=O) groups excluding carboxylic acids is 1. The molecule has 7 heteroatoms. The first kappa shape index (κ1) is 16.3. The summed E-state index contributed by atoms with van der Waals surface area (Å²) >= 11 is 17.3. The van der Waals surface area contributed by atoms with Crippen LogP contribution in [0.3, 0.4) is 0 Å². The number of ketones is 1. The summed E-state index contributed by atoms with van der Waals surface area (Å²) in [6, 6.07) is 10.00. The Morgan fingerprint density at radius 3 is 2.29 bits per heavy atom. The lowest BCUT2D eigenvalue weighted by Gasteiger charge is -2.05. The van der Waals surface area contributed by atoms with E-state index in [2.05, 4.69) is 0 Å². The van der Waals surface area contributed by atoms with Crippen LogP contribution in [0, 0.1) is 0 Å². The Bertz CT molecular complexity index is 801. The highest BCUT2D eigenvalue weighted by Crippen LogP contribution is 2.24. The fraction of sp³-hybridized carbons (Fsp3) is 0.0714. The summed E-state index contributed by atoms with van der Waals surface area (Å²) in [5, 5.41) is 0.784. The topological polar surface area (TPSA) is 51.2 Å². The van der Waals surface area contributed by atoms with Crippen LogP contribution in [-0.4, -0.2) is 20.0 Å². The molecule has 110 valence electrons. The molecule has 2 rings (SSSR count). The third-order valence-corrected chi connectivity index (χ3v) is 5.31. The van der Waals surface area contributed by atoms with Crippen LogP contribution in [0.25, 0.3) is 0 Å². The lowest BCUT2D eigenvalue weighted by atomic mass is 10.1. The monoisotopic (exact) mass is 362 g/mol. The van der Waals surface area contributed by atoms with Crippen molar-refractivity contribution < 1.29 is 13.2 Å². The van der Waals surface area contributed by atoms with Gasteiger partial charge in [-0.05, 0) is 36.4 Å². The van der Waals surface area contributed by atoms with Gasteiger partial charge in [0.1, 0.15) is 5.75 Å². The van der Waals surface area contributed by atoms with E-state index in [0.717, 1.165) is 0 Å². The van der Waals surface area contributed by atoms with Gasteiger partial charge in [-0.1, -0.05) is 40.9 Å². The van der Waals surface area contributed by atoms with E-state index < -0.39 is 21.4 Å². The van der Waals surface area contributed by atoms with Gasteiger partial charge in [-0.3, -0.25) is 4.79 Å². The van der Waals surface area contributed by atoms with E-state index in [9.17, 15) is 13.2 Å². The third-order valence-electron chi connectivity index (χ3n) is 2.72. The van der Waals surface area contributed by atoms with Gasteiger partial charge in [0, 0.05) is 10.6 Å². The molecule has 0 radical (unpaired) electrons. The zero-order valence-corrected chi connectivity index (χ0v) is 13.6. The predicted octanol–water partition coefficient (Wildman–Crippen LogP) is 4.30. The van der Waals surface area contributed by atoms with Crippen molar-refractivity contribution in [1.82, 2.24) is 0 Å². The molecule has 2 aromatic carbocycles. The molecule has 0 unspecified atom stereocenters. The van der Waals surface area contributed by atoms with Crippen molar-refractivity contribution in [2.24, 2.45) is 0 Å². The second-order valence-electron chi connectivity index (χ2n) is 4.27. The highest BCUT2D eigenvalue weighted by Gasteiger charge is 2.21. The fourth-order valence-electron chi connectivity index (χ4n) is 1.67. The number of rotatable bonds is 4. The third kappa shape index (κ3) is 3.98. The van der Waals surface area contributed by atoms with Crippen molar-refractivity contribution in [2.45, 2.75) is 4.90 Å². The summed E-state index contributed by atoms with van der Waals surface area (Å²) in [5.74, 6) is -1.22. The van der Waals surface area contributed by atoms with Crippen LogP contribution in [0.1, 0.15) is 10.4 Å². The molecular weight excluding hydrogens is 355 g/mol. The molecule has 0 aliphatic rings. The van der Waals surface area contributed by atoms with E-state index in [-0.39, 0.29) is 20.5 Å². The van der Waals surface area contributed by atoms with Crippen molar-refractivity contribution in [3.05, 3.63) is 63.1 Å². The van der Waals surface area contributed by atoms with Crippen molar-refractivity contribution in [2.75, 3.05) is 5.75 Å². The van der Waals surface area contributed by atoms with Crippen molar-refractivity contribution in [3.8, 4) is 0 Å². The first-order chi connectivity index (χ1) is 9.79. The number of carbonyl (C=O) groups is 1. The van der Waals surface area contributed by atoms with Gasteiger partial charge in [0.25, 0.3) is 0 Å². The Kier molecular flexibility index (Phi) is 4.94. The van der Waals surface area contributed by atoms with Crippen LogP contribution in [-0.2, 0) is 9.84 Å². The van der Waals surface area contributed by atoms with Crippen LogP contribution < -0.4 is 0 Å². The summed E-state index contributed by atoms with van der Waals surface area (Å²) in [5.41, 5.74) is 0.190. The van der Waals surface area contributed by atoms with E-state index in [1.54, 1.807) is 6.07 Å². The summed E-state index contributed by atoms with van der Waals surface area (Å²) in [7, 11) is -3.76. The van der Waals surface area contributed by atoms with E-state index in [1.165, 1.54) is 36.4 Å². The number of halogens is 3. The zero-order chi connectivity index (χ0) is 15.6. The van der Waals surface area contributed by atoms with Crippen molar-refractivity contribution >= 4 is 50.4 Å². The molecule has 0 fully saturated rings. The largest absolute Gasteiger partial charge is 0.293 e. The average Bonchev–Trinajstić information content (AvgIpc) is 2.41. The fourth-order valence-corrected chi connectivity index (χ4v) is 3.49. The molecule has 0 spiro atoms. The van der Waals surface area contributed by atoms with Gasteiger partial charge < -0.3 is 0 Å². The minimum atomic E-state index is -3.76. The number of Topliss-reactive ketones (excluding diaryl/α,β-unsaturated/α-hetero) is 1. The van der Waals surface area contributed by atoms with E-state index in [1.807, 2.05) is 0 Å². The standard InChI is InChI=1S/C14H9Cl3O3S/c15-10-2-1-3-11(7-10)21(19,20)8-14(18)9-4-5-12(16)13(17)6-9/h1-7H,8H2. The Morgan fingerprint density at radius 1 is 0.952 bits per heavy atom. The Hall–Kier alpha value is -1.07. The molecule has 0 aliphatic heterocycles. The second-order valence-corrected chi connectivity index (χ2v) is 7.51. The maximum atomic E-state index is 12.2. The second kappa shape index (κ2) is 6.36. The van der Waals surface area contributed by atoms with Gasteiger partial charge >= 0.3 is 0 Å². The van der Waals surface area contributed by atoms with Gasteiger partial charge in [-0.15, -0.1) is 0 Å². The predicted molar refractivity (Wildman–Crippen MR) is 84.3 cm³/mol. The Labute approximate surface area is 137 Å². The molecule has 0 heterocycles. The quantitative estimate of drug-likeness (QED) is 0.761. The lowest BCUT2D eigenvalue weighted by molar-refractivity contribution is 0.102. The van der Waals surface area contributed by atoms with Crippen molar-refractivity contribution in [3.63, 3.8) is 0 Å². The maximum Gasteiger partial charge on any atom is 0.185 e. The van der Waals surface area contributed by atoms with E-state index in [0.29, 0.717) is 5.02 Å². The number of hydrogen-bond acceptors (Lipinski definition) is 3. The summed E-state index contributed by atoms with van der Waals surface area (Å²) in [6.07, 6.45) is 0. The summed E-state index contributed by atoms with van der Waals surface area (Å²) in [4.78, 5) is 12.1. The number of sulfone groups is 1. The molecule has 3 nitrogen and oxygen atoms in total. The first-order valence-corrected chi connectivity index (χ1v) is 8.55. The van der Waals surface area contributed by atoms with Gasteiger partial charge in [-0.2, -0.15) is 0 Å². The van der Waals surface area contributed by atoms with E-state index in [4.69, 9.17) is 34.8 Å². The minimum Gasteiger partial charge on any atom is -0.293 e. The molecular formula is C14H9Cl3O3S. The van der Waals surface area contributed by atoms with Crippen LogP contribution in [0.2, 0.25) is 15.1 Å². The summed E-state index contributed by atoms with van der Waals surface area (Å²) in [6.45, 7) is 0. The average molecular weight is 364 g/mol. The minimum absolute atomic E-state index is 0.00316. The highest BCUT2D eigenvalue weighted by molar-refractivity contribution is 7.92. The molecule has 2 aromatic rings. The van der Waals surface area contributed by atoms with Crippen LogP contribution in [0.4, 0.5) is 0 Å². The van der Waals surface area contributed by atoms with Gasteiger partial charge in [0.15, 0.2) is 15.6 Å². The van der Waals surface area contributed by atoms with Crippen LogP contribution in [0.5, 0.6) is 0 Å². The zero-order valence-electron chi connectivity index (χ0n) is 10.5. The number of benzene rings is 2. The molecule has 0 amide bonds. The molecule has 0 atom stereocenters. The first-order valence-electron chi connectivity index (χ1n) is 5.76. The highest BCUT2D eigenvalue weighted by atomic mass is 35.5. The molecule has 0 aromatic heterocycles. The Morgan fingerprint density at radius 2 is 1.67 bits per heavy atom. The van der Waals surface area contributed by atoms with Crippen LogP contribution >= 0.6 is 34.8 Å². The van der Waals surface area contributed by atoms with Gasteiger partial charge in [-0.25, -0.2) is 8.42 Å². The Balaban J connectivity index is 2.28. The van der Waals surface area contributed by atoms with Gasteiger partial charge in [0.2, 0.25) is 0 Å². The number of hydrogen-bond donors (Lipinski definition) is 0. The SMILES string of the molecule is O=C(CS(=O)(=O)c1cccc(Cl)c1)c1ccc(Cl)c(Cl)c1. The lowest BCUT2D eigenvalue weighted by Crippen LogP contribution is -2.16. The van der Waals surface area contributed by atoms with Gasteiger partial charge in [0.05, 0.1) is 14.9 Å². The molecule has 0 bridgehead atoms. The summed E-state index contributed by atoms with van der Waals surface area (Å²) < 4.78 is 24.4. The van der Waals surface area contributed by atoms with E-state index >= 15 is 0 Å². The van der Waals surface area contributed by atoms with Crippen LogP contribution in [0.15, 0.2) is 47.4 Å². The molecule has 0 aliphatic carbocycles. The molecule has 0 saturated carbocycles.